The Morgan fingerprint density at radius 3 is 2.80 bits per heavy atom. The second-order valence-corrected chi connectivity index (χ2v) is 10.8. The fourth-order valence-electron chi connectivity index (χ4n) is 3.16. The quantitative estimate of drug-likeness (QED) is 0.421. The minimum atomic E-state index is -1.16. The Bertz CT molecular complexity index is 1060. The Hall–Kier alpha value is -1.90. The highest BCUT2D eigenvalue weighted by Gasteiger charge is 2.54. The van der Waals surface area contributed by atoms with Crippen LogP contribution in [0, 0.1) is 6.92 Å². The smallest absolute Gasteiger partial charge is 0.352 e. The first kappa shape index (κ1) is 21.3. The van der Waals surface area contributed by atoms with E-state index in [4.69, 9.17) is 0 Å². The molecule has 2 atom stereocenters. The molecule has 2 amide bonds. The number of carbonyl (C=O) groups is 3. The molecule has 10 nitrogen and oxygen atoms in total. The summed E-state index contributed by atoms with van der Waals surface area (Å²) < 4.78 is 2.67. The summed E-state index contributed by atoms with van der Waals surface area (Å²) in [5.41, 5.74) is 0.930. The summed E-state index contributed by atoms with van der Waals surface area (Å²) in [5.74, 6) is -1.20. The number of carboxylic acids is 1. The van der Waals surface area contributed by atoms with Gasteiger partial charge in [0, 0.05) is 18.6 Å². The van der Waals surface area contributed by atoms with Crippen LogP contribution in [0.15, 0.2) is 26.3 Å². The van der Waals surface area contributed by atoms with Gasteiger partial charge in [-0.25, -0.2) is 4.79 Å². The van der Waals surface area contributed by atoms with Gasteiger partial charge in [0.2, 0.25) is 0 Å². The van der Waals surface area contributed by atoms with Gasteiger partial charge in [-0.15, -0.1) is 22.0 Å². The molecule has 30 heavy (non-hydrogen) atoms. The molecule has 2 aliphatic rings. The highest BCUT2D eigenvalue weighted by Crippen LogP contribution is 2.41. The number of carbonyl (C=O) groups excluding carboxylic acids is 2. The molecule has 0 bridgehead atoms. The van der Waals surface area contributed by atoms with Crippen LogP contribution >= 0.6 is 50.8 Å². The van der Waals surface area contributed by atoms with Gasteiger partial charge in [-0.05, 0) is 28.4 Å². The molecule has 0 spiro atoms. The van der Waals surface area contributed by atoms with Crippen LogP contribution < -0.4 is 5.32 Å². The van der Waals surface area contributed by atoms with Crippen molar-refractivity contribution in [2.24, 2.45) is 7.05 Å². The standard InChI is InChI=1S/C16H15BrN6O4S3/c1-6-20-21-16(30-6)29-5-7-4-28-14-9(13(25)23(14)10(7)15(26)27)19-12(24)11-8(17)3-18-22(11)2/h3,9,14H,4-5H2,1-2H3,(H,19,24)(H,26,27)/t9-,14+/m1/s1. The number of fused-ring (bicyclic) bond motifs is 1. The van der Waals surface area contributed by atoms with E-state index < -0.39 is 29.2 Å². The minimum Gasteiger partial charge on any atom is -0.477 e. The highest BCUT2D eigenvalue weighted by atomic mass is 79.9. The van der Waals surface area contributed by atoms with E-state index in [1.807, 2.05) is 6.92 Å². The monoisotopic (exact) mass is 530 g/mol. The Morgan fingerprint density at radius 1 is 1.43 bits per heavy atom. The number of hydrogen-bond donors (Lipinski definition) is 2. The van der Waals surface area contributed by atoms with Crippen molar-refractivity contribution in [3.63, 3.8) is 0 Å². The van der Waals surface area contributed by atoms with Gasteiger partial charge < -0.3 is 10.4 Å². The molecule has 2 N–H and O–H groups in total. The number of aliphatic carboxylic acids is 1. The molecule has 0 unspecified atom stereocenters. The van der Waals surface area contributed by atoms with Crippen molar-refractivity contribution in [3.8, 4) is 0 Å². The number of nitrogens with zero attached hydrogens (tertiary/aromatic N) is 5. The van der Waals surface area contributed by atoms with Crippen molar-refractivity contribution in [3.05, 3.63) is 32.6 Å². The molecule has 2 aromatic heterocycles. The first-order valence-corrected chi connectivity index (χ1v) is 12.2. The Balaban J connectivity index is 1.50. The predicted molar refractivity (Wildman–Crippen MR) is 115 cm³/mol. The zero-order valence-corrected chi connectivity index (χ0v) is 19.7. The average molecular weight is 531 g/mol. The molecular formula is C16H15BrN6O4S3. The van der Waals surface area contributed by atoms with E-state index in [1.165, 1.54) is 50.6 Å². The van der Waals surface area contributed by atoms with Crippen LogP contribution in [0.5, 0.6) is 0 Å². The zero-order valence-electron chi connectivity index (χ0n) is 15.7. The summed E-state index contributed by atoms with van der Waals surface area (Å²) in [7, 11) is 1.62. The van der Waals surface area contributed by atoms with Gasteiger partial charge in [0.25, 0.3) is 11.8 Å². The molecule has 14 heteroatoms. The van der Waals surface area contributed by atoms with Gasteiger partial charge in [-0.3, -0.25) is 19.2 Å². The van der Waals surface area contributed by atoms with Crippen LogP contribution in [-0.4, -0.2) is 70.7 Å². The maximum absolute atomic E-state index is 12.7. The zero-order chi connectivity index (χ0) is 21.6. The summed E-state index contributed by atoms with van der Waals surface area (Å²) in [4.78, 5) is 38.5. The second kappa shape index (κ2) is 8.32. The van der Waals surface area contributed by atoms with Crippen molar-refractivity contribution < 1.29 is 19.5 Å². The summed E-state index contributed by atoms with van der Waals surface area (Å²) in [6.07, 6.45) is 1.49. The maximum atomic E-state index is 12.7. The van der Waals surface area contributed by atoms with Gasteiger partial charge in [0.15, 0.2) is 4.34 Å². The van der Waals surface area contributed by atoms with Crippen LogP contribution in [0.25, 0.3) is 0 Å². The van der Waals surface area contributed by atoms with Crippen molar-refractivity contribution >= 4 is 68.6 Å². The maximum Gasteiger partial charge on any atom is 0.352 e. The normalized spacial score (nSPS) is 20.8. The molecule has 4 heterocycles. The summed E-state index contributed by atoms with van der Waals surface area (Å²) in [6.45, 7) is 1.85. The van der Waals surface area contributed by atoms with Gasteiger partial charge >= 0.3 is 5.97 Å². The molecule has 0 radical (unpaired) electrons. The molecule has 4 rings (SSSR count). The molecule has 158 valence electrons. The minimum absolute atomic E-state index is 0.00954. The lowest BCUT2D eigenvalue weighted by Gasteiger charge is -2.49. The molecule has 0 aliphatic carbocycles. The van der Waals surface area contributed by atoms with Crippen LogP contribution in [0.1, 0.15) is 15.5 Å². The third-order valence-corrected chi connectivity index (χ3v) is 8.50. The topological polar surface area (TPSA) is 130 Å². The Labute approximate surface area is 191 Å². The number of hydrogen-bond acceptors (Lipinski definition) is 9. The molecule has 0 saturated carbocycles. The number of halogens is 1. The van der Waals surface area contributed by atoms with E-state index in [0.29, 0.717) is 27.2 Å². The number of amides is 2. The lowest BCUT2D eigenvalue weighted by molar-refractivity contribution is -0.148. The summed E-state index contributed by atoms with van der Waals surface area (Å²) in [6, 6.07) is -0.793. The van der Waals surface area contributed by atoms with Crippen LogP contribution in [0.2, 0.25) is 0 Å². The predicted octanol–water partition coefficient (Wildman–Crippen LogP) is 1.49. The number of aromatic nitrogens is 4. The largest absolute Gasteiger partial charge is 0.477 e. The summed E-state index contributed by atoms with van der Waals surface area (Å²) in [5, 5.41) is 24.8. The molecule has 2 aromatic rings. The van der Waals surface area contributed by atoms with E-state index in [-0.39, 0.29) is 5.70 Å². The number of β-lactam (4-membered cyclic amide) rings is 1. The lowest BCUT2D eigenvalue weighted by atomic mass is 10.0. The van der Waals surface area contributed by atoms with E-state index in [0.717, 1.165) is 9.35 Å². The van der Waals surface area contributed by atoms with E-state index in [2.05, 4.69) is 36.5 Å². The van der Waals surface area contributed by atoms with Crippen LogP contribution in [0.3, 0.4) is 0 Å². The van der Waals surface area contributed by atoms with Gasteiger partial charge in [-0.1, -0.05) is 23.1 Å². The SMILES string of the molecule is Cc1nnc(SCC2=C(C(=O)O)N3C(=O)[C@@H](NC(=O)c4c(Br)cnn4C)[C@@H]3SC2)s1. The number of aryl methyl sites for hydroxylation is 2. The fourth-order valence-corrected chi connectivity index (χ4v) is 6.98. The molecule has 1 saturated heterocycles. The third kappa shape index (κ3) is 3.76. The Morgan fingerprint density at radius 2 is 2.20 bits per heavy atom. The van der Waals surface area contributed by atoms with E-state index >= 15 is 0 Å². The second-order valence-electron chi connectivity index (χ2n) is 6.46. The van der Waals surface area contributed by atoms with Crippen molar-refractivity contribution in [1.82, 2.24) is 30.2 Å². The van der Waals surface area contributed by atoms with E-state index in [9.17, 15) is 19.5 Å². The first-order chi connectivity index (χ1) is 14.3. The number of rotatable bonds is 6. The Kier molecular flexibility index (Phi) is 5.92. The number of nitrogens with one attached hydrogen (secondary N) is 1. The molecular weight excluding hydrogens is 516 g/mol. The van der Waals surface area contributed by atoms with Gasteiger partial charge in [-0.2, -0.15) is 5.10 Å². The van der Waals surface area contributed by atoms with Crippen molar-refractivity contribution in [1.29, 1.82) is 0 Å². The fraction of sp³-hybridized carbons (Fsp3) is 0.375. The number of carboxylic acid groups (broad SMARTS) is 1. The average Bonchev–Trinajstić information content (AvgIpc) is 3.27. The molecule has 0 aromatic carbocycles. The third-order valence-electron chi connectivity index (χ3n) is 4.52. The first-order valence-electron chi connectivity index (χ1n) is 8.59. The van der Waals surface area contributed by atoms with Crippen LogP contribution in [-0.2, 0) is 16.6 Å². The van der Waals surface area contributed by atoms with Gasteiger partial charge in [0.1, 0.15) is 27.8 Å². The van der Waals surface area contributed by atoms with E-state index in [1.54, 1.807) is 7.05 Å². The van der Waals surface area contributed by atoms with Crippen molar-refractivity contribution in [2.75, 3.05) is 11.5 Å². The number of thioether (sulfide) groups is 2. The lowest BCUT2D eigenvalue weighted by Crippen LogP contribution is -2.70. The summed E-state index contributed by atoms with van der Waals surface area (Å²) >= 11 is 7.53. The van der Waals surface area contributed by atoms with Crippen LogP contribution in [0.4, 0.5) is 0 Å². The molecule has 2 aliphatic heterocycles. The van der Waals surface area contributed by atoms with Crippen molar-refractivity contribution in [2.45, 2.75) is 22.7 Å². The highest BCUT2D eigenvalue weighted by molar-refractivity contribution is 9.10. The molecule has 1 fully saturated rings. The van der Waals surface area contributed by atoms with Gasteiger partial charge in [0.05, 0.1) is 10.7 Å².